The fourth-order valence-electron chi connectivity index (χ4n) is 2.35. The van der Waals surface area contributed by atoms with Gasteiger partial charge in [-0.1, -0.05) is 25.6 Å². The van der Waals surface area contributed by atoms with Gasteiger partial charge in [0.25, 0.3) is 0 Å². The van der Waals surface area contributed by atoms with Crippen molar-refractivity contribution in [1.82, 2.24) is 9.29 Å². The first-order chi connectivity index (χ1) is 13.2. The molecular formula is C18H21F2N3O3S2. The largest absolute Gasteiger partial charge is 0.325 e. The zero-order chi connectivity index (χ0) is 20.9. The summed E-state index contributed by atoms with van der Waals surface area (Å²) in [7, 11) is -3.59. The Hall–Kier alpha value is -2.04. The number of rotatable bonds is 8. The fourth-order valence-corrected chi connectivity index (χ4v) is 4.55. The van der Waals surface area contributed by atoms with Crippen molar-refractivity contribution in [3.63, 3.8) is 0 Å². The fraction of sp³-hybridized carbons (Fsp3) is 0.333. The van der Waals surface area contributed by atoms with E-state index < -0.39 is 32.8 Å². The SMILES string of the molecule is CCN(CC)S(=O)(=O)c1ccc(SC(C)C(=O)Nc2ccc(F)c(F)c2)nc1. The number of sulfonamides is 1. The van der Waals surface area contributed by atoms with E-state index in [1.165, 1.54) is 28.7 Å². The molecule has 0 fully saturated rings. The Balaban J connectivity index is 2.04. The summed E-state index contributed by atoms with van der Waals surface area (Å²) in [5, 5.41) is 2.37. The summed E-state index contributed by atoms with van der Waals surface area (Å²) in [6.07, 6.45) is 1.26. The van der Waals surface area contributed by atoms with Crippen LogP contribution in [0, 0.1) is 11.6 Å². The van der Waals surface area contributed by atoms with E-state index in [1.54, 1.807) is 20.8 Å². The van der Waals surface area contributed by atoms with Gasteiger partial charge in [0.2, 0.25) is 15.9 Å². The second kappa shape index (κ2) is 9.44. The first kappa shape index (κ1) is 22.3. The van der Waals surface area contributed by atoms with Crippen molar-refractivity contribution in [3.8, 4) is 0 Å². The minimum Gasteiger partial charge on any atom is -0.325 e. The summed E-state index contributed by atoms with van der Waals surface area (Å²) in [5.74, 6) is -2.47. The normalized spacial score (nSPS) is 12.8. The average Bonchev–Trinajstić information content (AvgIpc) is 2.66. The van der Waals surface area contributed by atoms with Crippen molar-refractivity contribution < 1.29 is 22.0 Å². The molecule has 0 aliphatic heterocycles. The Bertz CT molecular complexity index is 934. The van der Waals surface area contributed by atoms with Crippen molar-refractivity contribution in [3.05, 3.63) is 48.2 Å². The molecule has 6 nitrogen and oxygen atoms in total. The molecule has 152 valence electrons. The van der Waals surface area contributed by atoms with Crippen LogP contribution in [0.25, 0.3) is 0 Å². The highest BCUT2D eigenvalue weighted by Crippen LogP contribution is 2.24. The second-order valence-corrected chi connectivity index (χ2v) is 9.10. The zero-order valence-corrected chi connectivity index (χ0v) is 17.3. The molecule has 0 aliphatic carbocycles. The highest BCUT2D eigenvalue weighted by molar-refractivity contribution is 8.00. The minimum absolute atomic E-state index is 0.0828. The van der Waals surface area contributed by atoms with Gasteiger partial charge >= 0.3 is 0 Å². The molecule has 1 heterocycles. The van der Waals surface area contributed by atoms with E-state index in [-0.39, 0.29) is 10.6 Å². The molecule has 10 heteroatoms. The monoisotopic (exact) mass is 429 g/mol. The third-order valence-electron chi connectivity index (χ3n) is 3.91. The lowest BCUT2D eigenvalue weighted by atomic mass is 10.3. The van der Waals surface area contributed by atoms with Gasteiger partial charge in [-0.15, -0.1) is 0 Å². The van der Waals surface area contributed by atoms with Gasteiger partial charge in [-0.2, -0.15) is 4.31 Å². The van der Waals surface area contributed by atoms with Crippen LogP contribution in [0.4, 0.5) is 14.5 Å². The number of halogens is 2. The summed E-state index contributed by atoms with van der Waals surface area (Å²) in [6.45, 7) is 5.85. The molecule has 0 spiro atoms. The lowest BCUT2D eigenvalue weighted by Gasteiger charge is -2.18. The van der Waals surface area contributed by atoms with E-state index in [4.69, 9.17) is 0 Å². The Morgan fingerprint density at radius 1 is 1.18 bits per heavy atom. The summed E-state index contributed by atoms with van der Waals surface area (Å²) in [4.78, 5) is 16.4. The molecule has 0 saturated carbocycles. The number of thioether (sulfide) groups is 1. The number of nitrogens with zero attached hydrogens (tertiary/aromatic N) is 2. The van der Waals surface area contributed by atoms with Crippen LogP contribution in [0.3, 0.4) is 0 Å². The number of hydrogen-bond acceptors (Lipinski definition) is 5. The maximum Gasteiger partial charge on any atom is 0.244 e. The van der Waals surface area contributed by atoms with Gasteiger partial charge in [0.1, 0.15) is 4.90 Å². The molecule has 1 atom stereocenters. The Labute approximate surface area is 167 Å². The molecular weight excluding hydrogens is 408 g/mol. The van der Waals surface area contributed by atoms with Gasteiger partial charge < -0.3 is 5.32 Å². The van der Waals surface area contributed by atoms with Crippen molar-refractivity contribution in [2.75, 3.05) is 18.4 Å². The third-order valence-corrected chi connectivity index (χ3v) is 6.99. The number of anilines is 1. The van der Waals surface area contributed by atoms with E-state index in [0.29, 0.717) is 18.1 Å². The molecule has 1 amide bonds. The van der Waals surface area contributed by atoms with E-state index >= 15 is 0 Å². The topological polar surface area (TPSA) is 79.4 Å². The Kier molecular flexibility index (Phi) is 7.50. The van der Waals surface area contributed by atoms with Crippen LogP contribution in [0.15, 0.2) is 46.5 Å². The molecule has 1 aromatic carbocycles. The van der Waals surface area contributed by atoms with Crippen molar-refractivity contribution >= 4 is 33.4 Å². The first-order valence-electron chi connectivity index (χ1n) is 8.57. The molecule has 1 N–H and O–H groups in total. The van der Waals surface area contributed by atoms with Crippen LogP contribution in [0.2, 0.25) is 0 Å². The minimum atomic E-state index is -3.59. The molecule has 28 heavy (non-hydrogen) atoms. The molecule has 2 rings (SSSR count). The van der Waals surface area contributed by atoms with Crippen molar-refractivity contribution in [2.45, 2.75) is 35.9 Å². The Morgan fingerprint density at radius 2 is 1.86 bits per heavy atom. The van der Waals surface area contributed by atoms with E-state index in [9.17, 15) is 22.0 Å². The van der Waals surface area contributed by atoms with E-state index in [2.05, 4.69) is 10.3 Å². The predicted molar refractivity (Wildman–Crippen MR) is 105 cm³/mol. The predicted octanol–water partition coefficient (Wildman–Crippen LogP) is 3.51. The van der Waals surface area contributed by atoms with Gasteiger partial charge in [-0.25, -0.2) is 22.2 Å². The smallest absolute Gasteiger partial charge is 0.244 e. The van der Waals surface area contributed by atoms with Gasteiger partial charge in [0.15, 0.2) is 11.6 Å². The van der Waals surface area contributed by atoms with Crippen LogP contribution in [0.5, 0.6) is 0 Å². The van der Waals surface area contributed by atoms with Crippen LogP contribution in [-0.4, -0.2) is 42.0 Å². The molecule has 1 unspecified atom stereocenters. The first-order valence-corrected chi connectivity index (χ1v) is 10.9. The lowest BCUT2D eigenvalue weighted by Crippen LogP contribution is -2.30. The molecule has 1 aromatic heterocycles. The number of hydrogen-bond donors (Lipinski definition) is 1. The maximum atomic E-state index is 13.2. The third kappa shape index (κ3) is 5.27. The van der Waals surface area contributed by atoms with Crippen LogP contribution >= 0.6 is 11.8 Å². The Morgan fingerprint density at radius 3 is 2.39 bits per heavy atom. The van der Waals surface area contributed by atoms with Gasteiger partial charge in [-0.3, -0.25) is 4.79 Å². The highest BCUT2D eigenvalue weighted by Gasteiger charge is 2.22. The zero-order valence-electron chi connectivity index (χ0n) is 15.6. The summed E-state index contributed by atoms with van der Waals surface area (Å²) < 4.78 is 52.4. The number of amides is 1. The van der Waals surface area contributed by atoms with Crippen LogP contribution in [0.1, 0.15) is 20.8 Å². The summed E-state index contributed by atoms with van der Waals surface area (Å²) in [5.41, 5.74) is 0.143. The van der Waals surface area contributed by atoms with Gasteiger partial charge in [0.05, 0.1) is 10.3 Å². The quantitative estimate of drug-likeness (QED) is 0.650. The van der Waals surface area contributed by atoms with Gasteiger partial charge in [-0.05, 0) is 31.2 Å². The number of pyridine rings is 1. The number of nitrogens with one attached hydrogen (secondary N) is 1. The molecule has 0 radical (unpaired) electrons. The summed E-state index contributed by atoms with van der Waals surface area (Å²) in [6, 6.07) is 6.07. The second-order valence-electron chi connectivity index (χ2n) is 5.80. The van der Waals surface area contributed by atoms with Crippen LogP contribution in [-0.2, 0) is 14.8 Å². The number of carbonyl (C=O) groups is 1. The van der Waals surface area contributed by atoms with Crippen molar-refractivity contribution in [2.24, 2.45) is 0 Å². The lowest BCUT2D eigenvalue weighted by molar-refractivity contribution is -0.115. The molecule has 0 aliphatic rings. The van der Waals surface area contributed by atoms with Crippen molar-refractivity contribution in [1.29, 1.82) is 0 Å². The van der Waals surface area contributed by atoms with Gasteiger partial charge in [0, 0.05) is 31.0 Å². The number of carbonyl (C=O) groups excluding carboxylic acids is 1. The molecule has 2 aromatic rings. The summed E-state index contributed by atoms with van der Waals surface area (Å²) >= 11 is 1.12. The number of benzene rings is 1. The average molecular weight is 430 g/mol. The maximum absolute atomic E-state index is 13.2. The highest BCUT2D eigenvalue weighted by atomic mass is 32.2. The van der Waals surface area contributed by atoms with E-state index in [1.807, 2.05) is 0 Å². The standard InChI is InChI=1S/C18H21F2N3O3S2/c1-4-23(5-2)28(25,26)14-7-9-17(21-11-14)27-12(3)18(24)22-13-6-8-15(19)16(20)10-13/h6-12H,4-5H2,1-3H3,(H,22,24). The van der Waals surface area contributed by atoms with Crippen LogP contribution < -0.4 is 5.32 Å². The molecule has 0 saturated heterocycles. The molecule has 0 bridgehead atoms. The number of aromatic nitrogens is 1. The van der Waals surface area contributed by atoms with E-state index in [0.717, 1.165) is 23.9 Å².